The quantitative estimate of drug-likeness (QED) is 0.449. The second-order valence-corrected chi connectivity index (χ2v) is 9.07. The predicted molar refractivity (Wildman–Crippen MR) is 128 cm³/mol. The first-order chi connectivity index (χ1) is 18.0. The number of nitrogens with zero attached hydrogens (tertiary/aromatic N) is 1. The van der Waals surface area contributed by atoms with Gasteiger partial charge in [-0.05, 0) is 55.7 Å². The number of rotatable bonds is 9. The number of hydrogen-bond donors (Lipinski definition) is 2. The van der Waals surface area contributed by atoms with Crippen molar-refractivity contribution in [1.29, 1.82) is 0 Å². The average molecular weight is 557 g/mol. The minimum atomic E-state index is -1.64. The van der Waals surface area contributed by atoms with Crippen LogP contribution in [0, 0.1) is 30.3 Å². The van der Waals surface area contributed by atoms with Gasteiger partial charge >= 0.3 is 12.1 Å². The highest BCUT2D eigenvalue weighted by atomic mass is 35.5. The van der Waals surface area contributed by atoms with Gasteiger partial charge in [-0.2, -0.15) is 4.39 Å². The number of carbonyl (C=O) groups excluding carboxylic acids is 3. The number of carboxylic acids is 1. The number of likely N-dealkylation sites (tertiary alicyclic amines) is 1. The molecule has 38 heavy (non-hydrogen) atoms. The van der Waals surface area contributed by atoms with Gasteiger partial charge in [-0.25, -0.2) is 13.6 Å². The standard InChI is InChI=1S/C25H24ClF3N2O7/c1-13-10-17(27)22(29)23(21(13)28)37-12-19(32)18(11-20(33)34)30-24(35)14-6-8-31(9-7-14)25(36)38-16-4-2-15(26)3-5-16/h2-5,10,14,18H,6-9,11-12H2,1H3,(H,30,35)(H,33,34)/t18-/m0/s1. The third-order valence-corrected chi connectivity index (χ3v) is 6.14. The van der Waals surface area contributed by atoms with Gasteiger partial charge in [0, 0.05) is 24.0 Å². The molecule has 3 rings (SSSR count). The molecule has 0 spiro atoms. The van der Waals surface area contributed by atoms with Crippen molar-refractivity contribution >= 4 is 35.4 Å². The number of amides is 2. The SMILES string of the molecule is Cc1cc(F)c(F)c(OCC(=O)[C@H](CC(=O)O)NC(=O)C2CCN(C(=O)Oc3ccc(Cl)cc3)CC2)c1F. The van der Waals surface area contributed by atoms with Crippen LogP contribution in [-0.2, 0) is 14.4 Å². The highest BCUT2D eigenvalue weighted by Crippen LogP contribution is 2.27. The van der Waals surface area contributed by atoms with Crippen molar-refractivity contribution in [3.63, 3.8) is 0 Å². The topological polar surface area (TPSA) is 122 Å². The van der Waals surface area contributed by atoms with Crippen molar-refractivity contribution in [2.75, 3.05) is 19.7 Å². The Morgan fingerprint density at radius 3 is 2.34 bits per heavy atom. The van der Waals surface area contributed by atoms with Crippen molar-refractivity contribution < 1.29 is 46.9 Å². The zero-order chi connectivity index (χ0) is 28.0. The van der Waals surface area contributed by atoms with Gasteiger partial charge in [-0.3, -0.25) is 14.4 Å². The minimum Gasteiger partial charge on any atom is -0.481 e. The van der Waals surface area contributed by atoms with Crippen molar-refractivity contribution in [2.24, 2.45) is 5.92 Å². The molecule has 2 aromatic carbocycles. The Hall–Kier alpha value is -3.80. The van der Waals surface area contributed by atoms with Gasteiger partial charge in [0.1, 0.15) is 18.4 Å². The van der Waals surface area contributed by atoms with Crippen LogP contribution >= 0.6 is 11.6 Å². The lowest BCUT2D eigenvalue weighted by Crippen LogP contribution is -2.49. The summed E-state index contributed by atoms with van der Waals surface area (Å²) in [6.07, 6.45) is -1.00. The number of ketones is 1. The average Bonchev–Trinajstić information content (AvgIpc) is 2.88. The molecule has 1 heterocycles. The minimum absolute atomic E-state index is 0.169. The second-order valence-electron chi connectivity index (χ2n) is 8.63. The number of carbonyl (C=O) groups is 4. The highest BCUT2D eigenvalue weighted by Gasteiger charge is 2.32. The smallest absolute Gasteiger partial charge is 0.415 e. The molecule has 1 atom stereocenters. The van der Waals surface area contributed by atoms with E-state index in [2.05, 4.69) is 5.32 Å². The highest BCUT2D eigenvalue weighted by molar-refractivity contribution is 6.30. The van der Waals surface area contributed by atoms with Gasteiger partial charge in [0.15, 0.2) is 23.2 Å². The molecule has 0 radical (unpaired) electrons. The Morgan fingerprint density at radius 1 is 1.11 bits per heavy atom. The van der Waals surface area contributed by atoms with Crippen LogP contribution in [0.25, 0.3) is 0 Å². The van der Waals surface area contributed by atoms with Crippen molar-refractivity contribution in [3.8, 4) is 11.5 Å². The van der Waals surface area contributed by atoms with Gasteiger partial charge in [-0.1, -0.05) is 11.6 Å². The number of carboxylic acid groups (broad SMARTS) is 1. The molecular weight excluding hydrogens is 533 g/mol. The molecule has 0 saturated carbocycles. The maximum Gasteiger partial charge on any atom is 0.415 e. The zero-order valence-electron chi connectivity index (χ0n) is 20.1. The third-order valence-electron chi connectivity index (χ3n) is 5.88. The predicted octanol–water partition coefficient (Wildman–Crippen LogP) is 3.88. The van der Waals surface area contributed by atoms with Gasteiger partial charge in [0.2, 0.25) is 11.7 Å². The lowest BCUT2D eigenvalue weighted by atomic mass is 9.95. The molecule has 2 amide bonds. The third kappa shape index (κ3) is 7.37. The molecule has 1 fully saturated rings. The fourth-order valence-electron chi connectivity index (χ4n) is 3.77. The van der Waals surface area contributed by atoms with Gasteiger partial charge in [0.05, 0.1) is 6.42 Å². The summed E-state index contributed by atoms with van der Waals surface area (Å²) in [5, 5.41) is 12.0. The molecule has 204 valence electrons. The summed E-state index contributed by atoms with van der Waals surface area (Å²) in [6, 6.07) is 5.24. The maximum absolute atomic E-state index is 14.1. The Labute approximate surface area is 220 Å². The van der Waals surface area contributed by atoms with E-state index < -0.39 is 71.9 Å². The molecule has 2 aromatic rings. The molecule has 1 saturated heterocycles. The van der Waals surface area contributed by atoms with Gasteiger partial charge < -0.3 is 24.8 Å². The molecular formula is C25H24ClF3N2O7. The van der Waals surface area contributed by atoms with E-state index in [4.69, 9.17) is 26.2 Å². The lowest BCUT2D eigenvalue weighted by Gasteiger charge is -2.31. The van der Waals surface area contributed by atoms with Gasteiger partial charge in [-0.15, -0.1) is 0 Å². The largest absolute Gasteiger partial charge is 0.481 e. The monoisotopic (exact) mass is 556 g/mol. The lowest BCUT2D eigenvalue weighted by molar-refractivity contribution is -0.141. The van der Waals surface area contributed by atoms with Crippen LogP contribution < -0.4 is 14.8 Å². The number of benzene rings is 2. The molecule has 0 aliphatic carbocycles. The fourth-order valence-corrected chi connectivity index (χ4v) is 3.90. The molecule has 13 heteroatoms. The molecule has 9 nitrogen and oxygen atoms in total. The molecule has 0 bridgehead atoms. The fraction of sp³-hybridized carbons (Fsp3) is 0.360. The molecule has 2 N–H and O–H groups in total. The van der Waals surface area contributed by atoms with Gasteiger partial charge in [0.25, 0.3) is 0 Å². The van der Waals surface area contributed by atoms with Crippen LogP contribution in [0.4, 0.5) is 18.0 Å². The van der Waals surface area contributed by atoms with Crippen molar-refractivity contribution in [1.82, 2.24) is 10.2 Å². The van der Waals surface area contributed by atoms with E-state index in [-0.39, 0.29) is 31.5 Å². The summed E-state index contributed by atoms with van der Waals surface area (Å²) in [5.74, 6) is -8.72. The number of Topliss-reactive ketones (excluding diaryl/α,β-unsaturated/α-hetero) is 1. The summed E-state index contributed by atoms with van der Waals surface area (Å²) in [6.45, 7) is 0.498. The van der Waals surface area contributed by atoms with E-state index in [0.29, 0.717) is 16.8 Å². The van der Waals surface area contributed by atoms with Crippen molar-refractivity contribution in [2.45, 2.75) is 32.2 Å². The molecule has 1 aliphatic heterocycles. The van der Waals surface area contributed by atoms with E-state index in [1.165, 1.54) is 24.0 Å². The van der Waals surface area contributed by atoms with Crippen molar-refractivity contribution in [3.05, 3.63) is 58.4 Å². The molecule has 1 aliphatic rings. The van der Waals surface area contributed by atoms with Crippen LogP contribution in [0.15, 0.2) is 30.3 Å². The van der Waals surface area contributed by atoms with Crippen LogP contribution in [0.1, 0.15) is 24.8 Å². The van der Waals surface area contributed by atoms with Crippen LogP contribution in [-0.4, -0.2) is 59.5 Å². The van der Waals surface area contributed by atoms with E-state index >= 15 is 0 Å². The Kier molecular flexibility index (Phi) is 9.56. The number of hydrogen-bond acceptors (Lipinski definition) is 6. The summed E-state index contributed by atoms with van der Waals surface area (Å²) < 4.78 is 51.7. The first-order valence-corrected chi connectivity index (χ1v) is 11.9. The molecule has 0 unspecified atom stereocenters. The number of nitrogens with one attached hydrogen (secondary N) is 1. The van der Waals surface area contributed by atoms with E-state index in [9.17, 15) is 32.3 Å². The first kappa shape index (κ1) is 28.8. The summed E-state index contributed by atoms with van der Waals surface area (Å²) in [4.78, 5) is 50.3. The zero-order valence-corrected chi connectivity index (χ0v) is 20.9. The maximum atomic E-state index is 14.1. The number of piperidine rings is 1. The Morgan fingerprint density at radius 2 is 1.74 bits per heavy atom. The number of ether oxygens (including phenoxy) is 2. The van der Waals surface area contributed by atoms with Crippen LogP contribution in [0.5, 0.6) is 11.5 Å². The van der Waals surface area contributed by atoms with Crippen LogP contribution in [0.3, 0.4) is 0 Å². The van der Waals surface area contributed by atoms with E-state index in [1.54, 1.807) is 12.1 Å². The first-order valence-electron chi connectivity index (χ1n) is 11.5. The van der Waals surface area contributed by atoms with E-state index in [0.717, 1.165) is 0 Å². The number of aliphatic carboxylic acids is 1. The normalized spacial score (nSPS) is 14.5. The number of aryl methyl sites for hydroxylation is 1. The summed E-state index contributed by atoms with van der Waals surface area (Å²) >= 11 is 5.80. The van der Waals surface area contributed by atoms with Crippen LogP contribution in [0.2, 0.25) is 5.02 Å². The Balaban J connectivity index is 1.56. The summed E-state index contributed by atoms with van der Waals surface area (Å²) in [5.41, 5.74) is -0.259. The number of halogens is 4. The van der Waals surface area contributed by atoms with E-state index in [1.807, 2.05) is 0 Å². The molecule has 0 aromatic heterocycles. The second kappa shape index (κ2) is 12.6. The Bertz CT molecular complexity index is 1190. The summed E-state index contributed by atoms with van der Waals surface area (Å²) in [7, 11) is 0.